The van der Waals surface area contributed by atoms with Gasteiger partial charge in [-0.3, -0.25) is 4.79 Å². The van der Waals surface area contributed by atoms with Crippen molar-refractivity contribution < 1.29 is 33.3 Å². The summed E-state index contributed by atoms with van der Waals surface area (Å²) in [5.74, 6) is -1.69. The first-order valence-corrected chi connectivity index (χ1v) is 13.7. The molecular weight excluding hydrogens is 560 g/mol. The molecule has 2 heterocycles. The van der Waals surface area contributed by atoms with Gasteiger partial charge in [0.2, 0.25) is 5.91 Å². The van der Waals surface area contributed by atoms with Crippen LogP contribution in [0, 0.1) is 0 Å². The minimum Gasteiger partial charge on any atom is -0.497 e. The van der Waals surface area contributed by atoms with Crippen molar-refractivity contribution in [2.75, 3.05) is 32.8 Å². The van der Waals surface area contributed by atoms with E-state index in [0.717, 1.165) is 0 Å². The molecule has 216 valence electrons. The third-order valence-electron chi connectivity index (χ3n) is 6.98. The van der Waals surface area contributed by atoms with Gasteiger partial charge in [0.15, 0.2) is 0 Å². The predicted octanol–water partition coefficient (Wildman–Crippen LogP) is 6.25. The molecule has 0 spiro atoms. The number of fused-ring (bicyclic) bond motifs is 1. The van der Waals surface area contributed by atoms with Crippen molar-refractivity contribution >= 4 is 35.1 Å². The van der Waals surface area contributed by atoms with Crippen LogP contribution in [-0.4, -0.2) is 49.8 Å². The first-order chi connectivity index (χ1) is 20.3. The van der Waals surface area contributed by atoms with Gasteiger partial charge < -0.3 is 28.8 Å². The van der Waals surface area contributed by atoms with Gasteiger partial charge in [-0.25, -0.2) is 9.59 Å². The van der Waals surface area contributed by atoms with E-state index in [1.807, 2.05) is 0 Å². The van der Waals surface area contributed by atoms with Crippen LogP contribution in [0.3, 0.4) is 0 Å². The molecule has 1 aliphatic heterocycles. The molecule has 0 saturated heterocycles. The second-order valence-corrected chi connectivity index (χ2v) is 9.78. The first-order valence-electron chi connectivity index (χ1n) is 13.3. The number of nitrogens with one attached hydrogen (secondary N) is 1. The highest BCUT2D eigenvalue weighted by atomic mass is 35.5. The van der Waals surface area contributed by atoms with Crippen LogP contribution in [0.2, 0.25) is 5.02 Å². The Morgan fingerprint density at radius 2 is 1.45 bits per heavy atom. The number of halogens is 1. The maximum absolute atomic E-state index is 13.8. The molecule has 0 saturated carbocycles. The molecule has 0 radical (unpaired) electrons. The van der Waals surface area contributed by atoms with Crippen molar-refractivity contribution in [1.82, 2.24) is 4.57 Å². The molecule has 10 heteroatoms. The second-order valence-electron chi connectivity index (χ2n) is 9.34. The van der Waals surface area contributed by atoms with Crippen molar-refractivity contribution in [1.29, 1.82) is 0 Å². The van der Waals surface area contributed by atoms with Crippen LogP contribution < -0.4 is 14.8 Å². The lowest BCUT2D eigenvalue weighted by atomic mass is 9.87. The Morgan fingerprint density at radius 3 is 2.05 bits per heavy atom. The lowest BCUT2D eigenvalue weighted by Crippen LogP contribution is -2.19. The van der Waals surface area contributed by atoms with Gasteiger partial charge in [-0.2, -0.15) is 0 Å². The van der Waals surface area contributed by atoms with Crippen molar-refractivity contribution in [2.45, 2.75) is 19.8 Å². The van der Waals surface area contributed by atoms with Gasteiger partial charge in [0.05, 0.1) is 44.6 Å². The second kappa shape index (κ2) is 12.0. The van der Waals surface area contributed by atoms with Crippen molar-refractivity contribution in [3.63, 3.8) is 0 Å². The van der Waals surface area contributed by atoms with E-state index in [1.54, 1.807) is 99.4 Å². The summed E-state index contributed by atoms with van der Waals surface area (Å²) in [6.07, 6.45) is 0. The van der Waals surface area contributed by atoms with E-state index >= 15 is 0 Å². The summed E-state index contributed by atoms with van der Waals surface area (Å²) in [7, 11) is 3.11. The van der Waals surface area contributed by atoms with Crippen molar-refractivity contribution in [3.05, 3.63) is 94.1 Å². The number of methoxy groups -OCH3 is 2. The number of hydrogen-bond acceptors (Lipinski definition) is 7. The number of amides is 1. The van der Waals surface area contributed by atoms with Crippen LogP contribution in [0.1, 0.15) is 51.7 Å². The lowest BCUT2D eigenvalue weighted by Gasteiger charge is -2.17. The summed E-state index contributed by atoms with van der Waals surface area (Å²) in [5, 5.41) is 3.31. The Kier molecular flexibility index (Phi) is 8.22. The predicted molar refractivity (Wildman–Crippen MR) is 158 cm³/mol. The highest BCUT2D eigenvalue weighted by molar-refractivity contribution is 6.31. The summed E-state index contributed by atoms with van der Waals surface area (Å²) < 4.78 is 23.3. The number of carbonyl (C=O) groups excluding carboxylic acids is 3. The number of aromatic nitrogens is 1. The lowest BCUT2D eigenvalue weighted by molar-refractivity contribution is -0.116. The van der Waals surface area contributed by atoms with Gasteiger partial charge in [0.25, 0.3) is 0 Å². The quantitative estimate of drug-likeness (QED) is 0.230. The molecule has 5 rings (SSSR count). The molecule has 0 bridgehead atoms. The molecule has 1 amide bonds. The average Bonchev–Trinajstić information content (AvgIpc) is 3.51. The molecule has 42 heavy (non-hydrogen) atoms. The number of rotatable bonds is 9. The maximum atomic E-state index is 13.8. The van der Waals surface area contributed by atoms with E-state index in [4.69, 9.17) is 30.5 Å². The van der Waals surface area contributed by atoms with Gasteiger partial charge in [0, 0.05) is 22.0 Å². The van der Waals surface area contributed by atoms with Gasteiger partial charge in [0.1, 0.15) is 17.2 Å². The minimum absolute atomic E-state index is 0.0470. The van der Waals surface area contributed by atoms with Crippen LogP contribution in [0.25, 0.3) is 16.9 Å². The number of carbonyl (C=O) groups is 3. The summed E-state index contributed by atoms with van der Waals surface area (Å²) >= 11 is 6.38. The van der Waals surface area contributed by atoms with E-state index < -0.39 is 17.9 Å². The zero-order valence-electron chi connectivity index (χ0n) is 23.5. The zero-order chi connectivity index (χ0) is 30.0. The van der Waals surface area contributed by atoms with E-state index in [0.29, 0.717) is 44.7 Å². The SMILES string of the molecule is CCOC(=O)c1c(C2C(=O)Nc3ccc(Cl)cc32)c(-c2ccc(OC)cc2)n(-c2ccc(OC)cc2)c1C(=O)OCC. The van der Waals surface area contributed by atoms with E-state index in [2.05, 4.69) is 5.32 Å². The largest absolute Gasteiger partial charge is 0.497 e. The minimum atomic E-state index is -0.997. The Hall–Kier alpha value is -4.76. The number of esters is 2. The number of nitrogens with zero attached hydrogens (tertiary/aromatic N) is 1. The normalized spacial score (nSPS) is 13.7. The topological polar surface area (TPSA) is 105 Å². The molecule has 4 aromatic rings. The molecule has 0 fully saturated rings. The third-order valence-corrected chi connectivity index (χ3v) is 7.22. The summed E-state index contributed by atoms with van der Waals surface area (Å²) in [5.41, 5.74) is 2.86. The summed E-state index contributed by atoms with van der Waals surface area (Å²) in [4.78, 5) is 41.3. The van der Waals surface area contributed by atoms with E-state index in [1.165, 1.54) is 0 Å². The number of anilines is 1. The molecule has 1 N–H and O–H groups in total. The van der Waals surface area contributed by atoms with Crippen LogP contribution in [0.4, 0.5) is 5.69 Å². The Morgan fingerprint density at radius 1 is 0.857 bits per heavy atom. The van der Waals surface area contributed by atoms with Gasteiger partial charge in [-0.05, 0) is 91.7 Å². The van der Waals surface area contributed by atoms with Crippen molar-refractivity contribution in [3.8, 4) is 28.4 Å². The molecule has 1 aliphatic rings. The monoisotopic (exact) mass is 588 g/mol. The fourth-order valence-corrected chi connectivity index (χ4v) is 5.40. The Labute approximate surface area is 247 Å². The summed E-state index contributed by atoms with van der Waals surface area (Å²) in [6, 6.07) is 19.2. The summed E-state index contributed by atoms with van der Waals surface area (Å²) in [6.45, 7) is 3.45. The average molecular weight is 589 g/mol. The zero-order valence-corrected chi connectivity index (χ0v) is 24.3. The number of ether oxygens (including phenoxy) is 4. The highest BCUT2D eigenvalue weighted by Gasteiger charge is 2.43. The first kappa shape index (κ1) is 28.8. The molecule has 1 aromatic heterocycles. The van der Waals surface area contributed by atoms with E-state index in [9.17, 15) is 14.4 Å². The third kappa shape index (κ3) is 5.07. The number of benzene rings is 3. The van der Waals surface area contributed by atoms with Gasteiger partial charge in [-0.15, -0.1) is 0 Å². The maximum Gasteiger partial charge on any atom is 0.356 e. The van der Waals surface area contributed by atoms with Gasteiger partial charge in [-0.1, -0.05) is 11.6 Å². The van der Waals surface area contributed by atoms with Crippen LogP contribution >= 0.6 is 11.6 Å². The highest BCUT2D eigenvalue weighted by Crippen LogP contribution is 2.47. The van der Waals surface area contributed by atoms with Gasteiger partial charge >= 0.3 is 11.9 Å². The fraction of sp³-hybridized carbons (Fsp3) is 0.219. The fourth-order valence-electron chi connectivity index (χ4n) is 5.22. The molecular formula is C32H29ClN2O7. The van der Waals surface area contributed by atoms with Crippen LogP contribution in [0.5, 0.6) is 11.5 Å². The standard InChI is InChI=1S/C32H29ClN2O7/c1-5-41-31(37)27-26(25-23-17-19(33)9-16-24(23)34-30(25)36)28(18-7-12-21(39-3)13-8-18)35(29(27)32(38)42-6-2)20-10-14-22(40-4)15-11-20/h7-17,25H,5-6H2,1-4H3,(H,34,36). The molecule has 3 aromatic carbocycles. The smallest absolute Gasteiger partial charge is 0.356 e. The van der Waals surface area contributed by atoms with Crippen LogP contribution in [0.15, 0.2) is 66.7 Å². The Balaban J connectivity index is 1.96. The van der Waals surface area contributed by atoms with Crippen LogP contribution in [-0.2, 0) is 14.3 Å². The molecule has 1 atom stereocenters. The molecule has 1 unspecified atom stereocenters. The Bertz CT molecular complexity index is 1660. The van der Waals surface area contributed by atoms with E-state index in [-0.39, 0.29) is 35.9 Å². The molecule has 9 nitrogen and oxygen atoms in total. The molecule has 0 aliphatic carbocycles. The van der Waals surface area contributed by atoms with Crippen molar-refractivity contribution in [2.24, 2.45) is 0 Å². The number of hydrogen-bond donors (Lipinski definition) is 1.